The molecule has 0 heterocycles. The maximum Gasteiger partial charge on any atom is 0.208 e. The van der Waals surface area contributed by atoms with Crippen LogP contribution in [0.4, 0.5) is 0 Å². The van der Waals surface area contributed by atoms with Crippen molar-refractivity contribution < 1.29 is 8.42 Å². The zero-order chi connectivity index (χ0) is 14.5. The van der Waals surface area contributed by atoms with E-state index >= 15 is 0 Å². The molecule has 7 heteroatoms. The van der Waals surface area contributed by atoms with E-state index in [1.807, 2.05) is 12.1 Å². The average Bonchev–Trinajstić information content (AvgIpc) is 2.26. The Morgan fingerprint density at radius 3 is 2.53 bits per heavy atom. The zero-order valence-electron chi connectivity index (χ0n) is 10.9. The van der Waals surface area contributed by atoms with Crippen LogP contribution in [0.25, 0.3) is 0 Å². The van der Waals surface area contributed by atoms with Gasteiger partial charge in [0.2, 0.25) is 10.0 Å². The molecule has 0 aromatic heterocycles. The standard InChI is InChI=1S/C12H18Br2N2O2S/c1-9(11-5-4-10(13)8-12(11)14)15-6-3-7-16-19(2,17)18/h4-5,8-9,15-16H,3,6-7H2,1-2H3. The van der Waals surface area contributed by atoms with Gasteiger partial charge in [-0.25, -0.2) is 13.1 Å². The molecule has 0 bridgehead atoms. The number of sulfonamides is 1. The molecular weight excluding hydrogens is 396 g/mol. The van der Waals surface area contributed by atoms with E-state index in [4.69, 9.17) is 0 Å². The summed E-state index contributed by atoms with van der Waals surface area (Å²) in [5, 5.41) is 3.37. The number of nitrogens with one attached hydrogen (secondary N) is 2. The van der Waals surface area contributed by atoms with Crippen molar-refractivity contribution >= 4 is 41.9 Å². The summed E-state index contributed by atoms with van der Waals surface area (Å²) in [4.78, 5) is 0. The third kappa shape index (κ3) is 6.85. The Hall–Kier alpha value is 0.0500. The van der Waals surface area contributed by atoms with Crippen LogP contribution in [0.1, 0.15) is 24.9 Å². The lowest BCUT2D eigenvalue weighted by Gasteiger charge is -2.16. The lowest BCUT2D eigenvalue weighted by molar-refractivity contribution is 0.547. The van der Waals surface area contributed by atoms with E-state index in [1.165, 1.54) is 11.8 Å². The summed E-state index contributed by atoms with van der Waals surface area (Å²) in [7, 11) is -3.08. The van der Waals surface area contributed by atoms with Gasteiger partial charge in [-0.1, -0.05) is 37.9 Å². The van der Waals surface area contributed by atoms with E-state index in [-0.39, 0.29) is 6.04 Å². The molecule has 0 aliphatic carbocycles. The zero-order valence-corrected chi connectivity index (χ0v) is 14.9. The second-order valence-corrected chi connectivity index (χ2v) is 7.96. The van der Waals surface area contributed by atoms with Crippen LogP contribution in [0, 0.1) is 0 Å². The van der Waals surface area contributed by atoms with E-state index < -0.39 is 10.0 Å². The minimum Gasteiger partial charge on any atom is -0.310 e. The first-order valence-electron chi connectivity index (χ1n) is 5.92. The fourth-order valence-electron chi connectivity index (χ4n) is 1.63. The number of rotatable bonds is 7. The van der Waals surface area contributed by atoms with Crippen molar-refractivity contribution in [2.24, 2.45) is 0 Å². The van der Waals surface area contributed by atoms with Gasteiger partial charge in [-0.3, -0.25) is 0 Å². The van der Waals surface area contributed by atoms with Crippen molar-refractivity contribution in [1.29, 1.82) is 0 Å². The molecule has 108 valence electrons. The third-order valence-corrected chi connectivity index (χ3v) is 4.51. The van der Waals surface area contributed by atoms with Crippen molar-refractivity contribution in [3.05, 3.63) is 32.7 Å². The van der Waals surface area contributed by atoms with Crippen LogP contribution >= 0.6 is 31.9 Å². The highest BCUT2D eigenvalue weighted by Gasteiger charge is 2.08. The van der Waals surface area contributed by atoms with Crippen molar-refractivity contribution in [3.8, 4) is 0 Å². The Kier molecular flexibility index (Phi) is 6.96. The summed E-state index contributed by atoms with van der Waals surface area (Å²) in [6.45, 7) is 3.30. The van der Waals surface area contributed by atoms with Gasteiger partial charge in [-0.2, -0.15) is 0 Å². The lowest BCUT2D eigenvalue weighted by atomic mass is 10.1. The largest absolute Gasteiger partial charge is 0.310 e. The molecule has 0 aliphatic rings. The first-order chi connectivity index (χ1) is 8.79. The molecule has 0 radical (unpaired) electrons. The van der Waals surface area contributed by atoms with Gasteiger partial charge in [0, 0.05) is 21.5 Å². The van der Waals surface area contributed by atoms with E-state index in [1.54, 1.807) is 0 Å². The molecule has 0 spiro atoms. The number of hydrogen-bond donors (Lipinski definition) is 2. The summed E-state index contributed by atoms with van der Waals surface area (Å²) in [5.74, 6) is 0. The van der Waals surface area contributed by atoms with Crippen LogP contribution in [0.15, 0.2) is 27.1 Å². The van der Waals surface area contributed by atoms with E-state index in [0.717, 1.165) is 21.9 Å². The summed E-state index contributed by atoms with van der Waals surface area (Å²) >= 11 is 6.96. The molecule has 0 amide bonds. The average molecular weight is 414 g/mol. The molecule has 0 aliphatic heterocycles. The summed E-state index contributed by atoms with van der Waals surface area (Å²) < 4.78 is 26.3. The molecule has 1 rings (SSSR count). The van der Waals surface area contributed by atoms with Gasteiger partial charge in [0.05, 0.1) is 6.26 Å². The summed E-state index contributed by atoms with van der Waals surface area (Å²) in [5.41, 5.74) is 1.18. The van der Waals surface area contributed by atoms with Gasteiger partial charge >= 0.3 is 0 Å². The van der Waals surface area contributed by atoms with Gasteiger partial charge in [0.15, 0.2) is 0 Å². The lowest BCUT2D eigenvalue weighted by Crippen LogP contribution is -2.27. The first kappa shape index (κ1) is 17.1. The van der Waals surface area contributed by atoms with Crippen LogP contribution in [0.5, 0.6) is 0 Å². The predicted molar refractivity (Wildman–Crippen MR) is 85.7 cm³/mol. The molecule has 1 atom stereocenters. The van der Waals surface area contributed by atoms with Gasteiger partial charge in [0.25, 0.3) is 0 Å². The monoisotopic (exact) mass is 412 g/mol. The Balaban J connectivity index is 2.37. The second-order valence-electron chi connectivity index (χ2n) is 4.36. The smallest absolute Gasteiger partial charge is 0.208 e. The predicted octanol–water partition coefficient (Wildman–Crippen LogP) is 2.80. The van der Waals surface area contributed by atoms with Crippen LogP contribution in [-0.2, 0) is 10.0 Å². The van der Waals surface area contributed by atoms with Crippen molar-refractivity contribution in [3.63, 3.8) is 0 Å². The Labute approximate surface area is 131 Å². The molecular formula is C12H18Br2N2O2S. The van der Waals surface area contributed by atoms with Crippen LogP contribution in [0.3, 0.4) is 0 Å². The molecule has 19 heavy (non-hydrogen) atoms. The van der Waals surface area contributed by atoms with E-state index in [9.17, 15) is 8.42 Å². The minimum atomic E-state index is -3.08. The quantitative estimate of drug-likeness (QED) is 0.675. The van der Waals surface area contributed by atoms with Crippen molar-refractivity contribution in [2.75, 3.05) is 19.3 Å². The topological polar surface area (TPSA) is 58.2 Å². The molecule has 4 nitrogen and oxygen atoms in total. The van der Waals surface area contributed by atoms with Gasteiger partial charge in [0.1, 0.15) is 0 Å². The highest BCUT2D eigenvalue weighted by Crippen LogP contribution is 2.26. The highest BCUT2D eigenvalue weighted by atomic mass is 79.9. The van der Waals surface area contributed by atoms with Gasteiger partial charge in [-0.05, 0) is 37.6 Å². The Morgan fingerprint density at radius 1 is 1.26 bits per heavy atom. The fourth-order valence-corrected chi connectivity index (χ4v) is 3.53. The summed E-state index contributed by atoms with van der Waals surface area (Å²) in [6.07, 6.45) is 1.92. The minimum absolute atomic E-state index is 0.209. The summed E-state index contributed by atoms with van der Waals surface area (Å²) in [6, 6.07) is 6.28. The highest BCUT2D eigenvalue weighted by molar-refractivity contribution is 9.11. The molecule has 0 saturated heterocycles. The van der Waals surface area contributed by atoms with Gasteiger partial charge < -0.3 is 5.32 Å². The van der Waals surface area contributed by atoms with Crippen LogP contribution < -0.4 is 10.0 Å². The normalized spacial score (nSPS) is 13.5. The Bertz CT molecular complexity index is 520. The molecule has 1 unspecified atom stereocenters. The van der Waals surface area contributed by atoms with Crippen molar-refractivity contribution in [1.82, 2.24) is 10.0 Å². The molecule has 0 fully saturated rings. The number of halogens is 2. The van der Waals surface area contributed by atoms with E-state index in [2.05, 4.69) is 54.9 Å². The van der Waals surface area contributed by atoms with Crippen molar-refractivity contribution in [2.45, 2.75) is 19.4 Å². The number of hydrogen-bond acceptors (Lipinski definition) is 3. The van der Waals surface area contributed by atoms with Crippen LogP contribution in [0.2, 0.25) is 0 Å². The Morgan fingerprint density at radius 2 is 1.95 bits per heavy atom. The first-order valence-corrected chi connectivity index (χ1v) is 9.40. The molecule has 2 N–H and O–H groups in total. The SMILES string of the molecule is CC(NCCCNS(C)(=O)=O)c1ccc(Br)cc1Br. The fraction of sp³-hybridized carbons (Fsp3) is 0.500. The van der Waals surface area contributed by atoms with Gasteiger partial charge in [-0.15, -0.1) is 0 Å². The maximum absolute atomic E-state index is 10.9. The molecule has 1 aromatic carbocycles. The third-order valence-electron chi connectivity index (χ3n) is 2.60. The molecule has 1 aromatic rings. The van der Waals surface area contributed by atoms with Crippen LogP contribution in [-0.4, -0.2) is 27.8 Å². The maximum atomic E-state index is 10.9. The second kappa shape index (κ2) is 7.73. The van der Waals surface area contributed by atoms with E-state index in [0.29, 0.717) is 6.54 Å². The number of benzene rings is 1. The molecule has 0 saturated carbocycles.